The van der Waals surface area contributed by atoms with E-state index in [1.807, 2.05) is 0 Å². The lowest BCUT2D eigenvalue weighted by atomic mass is 9.71. The third-order valence-corrected chi connectivity index (χ3v) is 3.16. The number of hydrogen-bond acceptors (Lipinski definition) is 3. The third-order valence-electron chi connectivity index (χ3n) is 3.16. The van der Waals surface area contributed by atoms with E-state index in [-0.39, 0.29) is 11.4 Å². The fraction of sp³-hybridized carbons (Fsp3) is 0.692. The molecule has 0 amide bonds. The summed E-state index contributed by atoms with van der Waals surface area (Å²) in [5.74, 6) is -0.359. The fourth-order valence-corrected chi connectivity index (χ4v) is 2.27. The second-order valence-corrected chi connectivity index (χ2v) is 4.45. The predicted octanol–water partition coefficient (Wildman–Crippen LogP) is 2.97. The number of hydrogen-bond donors (Lipinski definition) is 0. The van der Waals surface area contributed by atoms with Crippen LogP contribution in [0.3, 0.4) is 0 Å². The van der Waals surface area contributed by atoms with Crippen LogP contribution in [-0.4, -0.2) is 12.6 Å². The van der Waals surface area contributed by atoms with Crippen LogP contribution in [0.15, 0.2) is 12.2 Å². The van der Waals surface area contributed by atoms with Crippen molar-refractivity contribution in [3.05, 3.63) is 12.2 Å². The smallest absolute Gasteiger partial charge is 0.333 e. The molecule has 0 unspecified atom stereocenters. The molecule has 0 aromatic rings. The summed E-state index contributed by atoms with van der Waals surface area (Å²) < 4.78 is 4.89. The van der Waals surface area contributed by atoms with Gasteiger partial charge in [-0.25, -0.2) is 4.79 Å². The van der Waals surface area contributed by atoms with Crippen LogP contribution in [0.2, 0.25) is 0 Å². The second-order valence-electron chi connectivity index (χ2n) is 4.45. The second kappa shape index (κ2) is 5.69. The molecular weight excluding hydrogens is 202 g/mol. The lowest BCUT2D eigenvalue weighted by Gasteiger charge is -2.30. The summed E-state index contributed by atoms with van der Waals surface area (Å²) >= 11 is 0. The molecule has 0 atom stereocenters. The van der Waals surface area contributed by atoms with Gasteiger partial charge in [-0.1, -0.05) is 25.8 Å². The number of rotatable bonds is 4. The lowest BCUT2D eigenvalue weighted by Crippen LogP contribution is -2.24. The molecule has 0 heterocycles. The Morgan fingerprint density at radius 3 is 2.56 bits per heavy atom. The summed E-state index contributed by atoms with van der Waals surface area (Å²) in [5, 5.41) is 9.26. The molecule has 3 heteroatoms. The monoisotopic (exact) mass is 221 g/mol. The van der Waals surface area contributed by atoms with Gasteiger partial charge in [-0.2, -0.15) is 5.26 Å². The minimum Gasteiger partial charge on any atom is -0.463 e. The van der Waals surface area contributed by atoms with Crippen LogP contribution in [0, 0.1) is 16.7 Å². The Bertz CT molecular complexity index is 308. The van der Waals surface area contributed by atoms with Gasteiger partial charge in [-0.05, 0) is 26.2 Å². The first-order valence-corrected chi connectivity index (χ1v) is 5.90. The molecule has 0 aromatic carbocycles. The van der Waals surface area contributed by atoms with Crippen molar-refractivity contribution >= 4 is 5.97 Å². The molecule has 1 aliphatic carbocycles. The Morgan fingerprint density at radius 2 is 2.06 bits per heavy atom. The van der Waals surface area contributed by atoms with Crippen molar-refractivity contribution in [3.63, 3.8) is 0 Å². The highest BCUT2D eigenvalue weighted by Gasteiger charge is 2.34. The van der Waals surface area contributed by atoms with Gasteiger partial charge in [0.25, 0.3) is 0 Å². The molecule has 1 saturated carbocycles. The highest BCUT2D eigenvalue weighted by atomic mass is 16.5. The molecule has 1 aliphatic rings. The maximum atomic E-state index is 11.4. The minimum atomic E-state index is -0.373. The van der Waals surface area contributed by atoms with Crippen molar-refractivity contribution in [3.8, 4) is 6.07 Å². The van der Waals surface area contributed by atoms with Gasteiger partial charge in [0.15, 0.2) is 0 Å². The molecule has 88 valence electrons. The minimum absolute atomic E-state index is 0.359. The maximum absolute atomic E-state index is 11.4. The summed E-state index contributed by atoms with van der Waals surface area (Å²) in [6, 6.07) is 2.38. The van der Waals surface area contributed by atoms with Crippen molar-refractivity contribution in [2.75, 3.05) is 6.61 Å². The summed E-state index contributed by atoms with van der Waals surface area (Å²) in [6.07, 6.45) is 5.55. The molecular formula is C13H19NO2. The quantitative estimate of drug-likeness (QED) is 0.541. The average Bonchev–Trinajstić information content (AvgIpc) is 2.30. The summed E-state index contributed by atoms with van der Waals surface area (Å²) in [7, 11) is 0. The van der Waals surface area contributed by atoms with Crippen LogP contribution in [0.25, 0.3) is 0 Å². The van der Waals surface area contributed by atoms with E-state index in [0.29, 0.717) is 18.6 Å². The number of ether oxygens (including phenoxy) is 1. The summed E-state index contributed by atoms with van der Waals surface area (Å²) in [5.41, 5.74) is 0.0625. The van der Waals surface area contributed by atoms with Gasteiger partial charge in [0.05, 0.1) is 18.1 Å². The van der Waals surface area contributed by atoms with Gasteiger partial charge < -0.3 is 4.74 Å². The lowest BCUT2D eigenvalue weighted by molar-refractivity contribution is -0.138. The average molecular weight is 221 g/mol. The van der Waals surface area contributed by atoms with E-state index in [1.165, 1.54) is 6.42 Å². The molecule has 16 heavy (non-hydrogen) atoms. The molecule has 1 fully saturated rings. The Labute approximate surface area is 97.1 Å². The fourth-order valence-electron chi connectivity index (χ4n) is 2.27. The van der Waals surface area contributed by atoms with Crippen molar-refractivity contribution < 1.29 is 9.53 Å². The number of carbonyl (C=O) groups is 1. The van der Waals surface area contributed by atoms with Crippen LogP contribution < -0.4 is 0 Å². The highest BCUT2D eigenvalue weighted by Crippen LogP contribution is 2.40. The zero-order valence-electron chi connectivity index (χ0n) is 9.92. The van der Waals surface area contributed by atoms with Gasteiger partial charge in [0.2, 0.25) is 0 Å². The van der Waals surface area contributed by atoms with Crippen LogP contribution in [0.1, 0.15) is 45.4 Å². The molecule has 0 spiro atoms. The zero-order chi connectivity index (χ0) is 12.0. The van der Waals surface area contributed by atoms with Gasteiger partial charge in [-0.15, -0.1) is 0 Å². The molecule has 0 N–H and O–H groups in total. The molecule has 0 bridgehead atoms. The zero-order valence-corrected chi connectivity index (χ0v) is 9.92. The van der Waals surface area contributed by atoms with E-state index in [9.17, 15) is 10.1 Å². The van der Waals surface area contributed by atoms with Crippen molar-refractivity contribution in [1.29, 1.82) is 5.26 Å². The standard InChI is InChI=1S/C13H19NO2/c1-3-16-12(15)11(2)9-13(10-14)7-5-4-6-8-13/h2-9H2,1H3. The largest absolute Gasteiger partial charge is 0.463 e. The van der Waals surface area contributed by atoms with E-state index >= 15 is 0 Å². The van der Waals surface area contributed by atoms with E-state index in [1.54, 1.807) is 6.92 Å². The van der Waals surface area contributed by atoms with Gasteiger partial charge in [-0.3, -0.25) is 0 Å². The Hall–Kier alpha value is -1.30. The third kappa shape index (κ3) is 3.10. The van der Waals surface area contributed by atoms with Crippen LogP contribution in [-0.2, 0) is 9.53 Å². The van der Waals surface area contributed by atoms with Gasteiger partial charge in [0.1, 0.15) is 0 Å². The molecule has 3 nitrogen and oxygen atoms in total. The van der Waals surface area contributed by atoms with Gasteiger partial charge in [0, 0.05) is 5.57 Å². The number of esters is 1. The Morgan fingerprint density at radius 1 is 1.44 bits per heavy atom. The van der Waals surface area contributed by atoms with E-state index in [2.05, 4.69) is 12.6 Å². The molecule has 1 rings (SSSR count). The van der Waals surface area contributed by atoms with E-state index < -0.39 is 0 Å². The number of carbonyl (C=O) groups excluding carboxylic acids is 1. The first kappa shape index (κ1) is 12.8. The number of nitrogens with zero attached hydrogens (tertiary/aromatic N) is 1. The van der Waals surface area contributed by atoms with E-state index in [4.69, 9.17) is 4.74 Å². The molecule has 0 aromatic heterocycles. The van der Waals surface area contributed by atoms with Crippen molar-refractivity contribution in [1.82, 2.24) is 0 Å². The van der Waals surface area contributed by atoms with Crippen molar-refractivity contribution in [2.45, 2.75) is 45.4 Å². The van der Waals surface area contributed by atoms with E-state index in [0.717, 1.165) is 25.7 Å². The molecule has 0 aliphatic heterocycles. The number of nitriles is 1. The molecule has 0 saturated heterocycles. The normalized spacial score (nSPS) is 18.5. The Balaban J connectivity index is 2.59. The van der Waals surface area contributed by atoms with Gasteiger partial charge >= 0.3 is 5.97 Å². The van der Waals surface area contributed by atoms with Crippen LogP contribution in [0.5, 0.6) is 0 Å². The summed E-state index contributed by atoms with van der Waals surface area (Å²) in [6.45, 7) is 5.86. The van der Waals surface area contributed by atoms with Crippen molar-refractivity contribution in [2.24, 2.45) is 5.41 Å². The maximum Gasteiger partial charge on any atom is 0.333 e. The summed E-state index contributed by atoms with van der Waals surface area (Å²) in [4.78, 5) is 11.4. The highest BCUT2D eigenvalue weighted by molar-refractivity contribution is 5.87. The first-order chi connectivity index (χ1) is 7.63. The first-order valence-electron chi connectivity index (χ1n) is 5.90. The SMILES string of the molecule is C=C(CC1(C#N)CCCCC1)C(=O)OCC. The topological polar surface area (TPSA) is 50.1 Å². The molecule has 0 radical (unpaired) electrons. The van der Waals surface area contributed by atoms with Crippen LogP contribution >= 0.6 is 0 Å². The van der Waals surface area contributed by atoms with Crippen LogP contribution in [0.4, 0.5) is 0 Å². The predicted molar refractivity (Wildman–Crippen MR) is 61.5 cm³/mol. The Kier molecular flexibility index (Phi) is 4.54.